The Balaban J connectivity index is 1.71. The fourth-order valence-electron chi connectivity index (χ4n) is 2.48. The van der Waals surface area contributed by atoms with Gasteiger partial charge in [-0.25, -0.2) is 0 Å². The molecule has 0 aliphatic carbocycles. The number of carbonyl (C=O) groups excluding carboxylic acids is 2. The Morgan fingerprint density at radius 3 is 2.46 bits per heavy atom. The van der Waals surface area contributed by atoms with Crippen LogP contribution in [-0.2, 0) is 4.79 Å². The molecule has 26 heavy (non-hydrogen) atoms. The highest BCUT2D eigenvalue weighted by Crippen LogP contribution is 2.28. The van der Waals surface area contributed by atoms with Crippen LogP contribution in [0.15, 0.2) is 24.3 Å². The smallest absolute Gasteiger partial charge is 0.226 e. The zero-order chi connectivity index (χ0) is 18.9. The number of nitrogens with one attached hydrogen (secondary N) is 1. The minimum absolute atomic E-state index is 0.0252. The van der Waals surface area contributed by atoms with E-state index in [9.17, 15) is 9.59 Å². The van der Waals surface area contributed by atoms with Crippen molar-refractivity contribution in [3.63, 3.8) is 0 Å². The summed E-state index contributed by atoms with van der Waals surface area (Å²) in [6, 6.07) is 6.99. The van der Waals surface area contributed by atoms with Gasteiger partial charge in [0.15, 0.2) is 5.78 Å². The number of anilines is 1. The molecule has 1 N–H and O–H groups in total. The number of benzene rings is 1. The van der Waals surface area contributed by atoms with Crippen LogP contribution in [0.25, 0.3) is 0 Å². The lowest BCUT2D eigenvalue weighted by Crippen LogP contribution is -2.12. The third-order valence-corrected chi connectivity index (χ3v) is 5.10. The molecule has 6 nitrogen and oxygen atoms in total. The van der Waals surface area contributed by atoms with Crippen LogP contribution in [0.5, 0.6) is 5.75 Å². The molecule has 0 atom stereocenters. The summed E-state index contributed by atoms with van der Waals surface area (Å²) >= 11 is 1.45. The number of hydrogen-bond acceptors (Lipinski definition) is 6. The van der Waals surface area contributed by atoms with Gasteiger partial charge in [-0.2, -0.15) is 0 Å². The van der Waals surface area contributed by atoms with Gasteiger partial charge in [0.1, 0.15) is 10.8 Å². The van der Waals surface area contributed by atoms with Crippen LogP contribution < -0.4 is 10.1 Å². The van der Waals surface area contributed by atoms with E-state index >= 15 is 0 Å². The van der Waals surface area contributed by atoms with Crippen molar-refractivity contribution in [3.05, 3.63) is 34.8 Å². The van der Waals surface area contributed by atoms with Gasteiger partial charge < -0.3 is 10.1 Å². The maximum atomic E-state index is 12.0. The van der Waals surface area contributed by atoms with Gasteiger partial charge in [-0.3, -0.25) is 9.59 Å². The van der Waals surface area contributed by atoms with Gasteiger partial charge in [0.05, 0.1) is 6.61 Å². The van der Waals surface area contributed by atoms with Crippen LogP contribution in [0.1, 0.15) is 67.7 Å². The number of Topliss-reactive ketones (excluding diaryl/α,β-unsaturated/α-hetero) is 1. The highest BCUT2D eigenvalue weighted by molar-refractivity contribution is 7.15. The lowest BCUT2D eigenvalue weighted by Gasteiger charge is -2.07. The Labute approximate surface area is 158 Å². The number of hydrogen-bond donors (Lipinski definition) is 1. The summed E-state index contributed by atoms with van der Waals surface area (Å²) in [5.74, 6) is 1.03. The fourth-order valence-corrected chi connectivity index (χ4v) is 3.50. The number of aromatic nitrogens is 2. The normalized spacial score (nSPS) is 10.8. The third kappa shape index (κ3) is 5.91. The molecule has 1 amide bonds. The summed E-state index contributed by atoms with van der Waals surface area (Å²) in [5, 5.41) is 12.5. The van der Waals surface area contributed by atoms with Crippen molar-refractivity contribution in [2.75, 3.05) is 11.9 Å². The first-order chi connectivity index (χ1) is 12.5. The van der Waals surface area contributed by atoms with E-state index in [0.717, 1.165) is 17.8 Å². The average Bonchev–Trinajstić information content (AvgIpc) is 3.08. The first-order valence-corrected chi connectivity index (χ1v) is 9.72. The van der Waals surface area contributed by atoms with Crippen LogP contribution in [0.2, 0.25) is 0 Å². The van der Waals surface area contributed by atoms with E-state index in [-0.39, 0.29) is 11.7 Å². The van der Waals surface area contributed by atoms with E-state index in [1.165, 1.54) is 18.3 Å². The van der Waals surface area contributed by atoms with E-state index in [4.69, 9.17) is 4.74 Å². The second kappa shape index (κ2) is 10.0. The SMILES string of the molecule is CCC(CC)c1nnc(NC(=O)CCCOc2ccc(C(C)=O)cc2)s1. The standard InChI is InChI=1S/C19H25N3O3S/c1-4-14(5-2)18-21-22-19(26-18)20-17(24)7-6-12-25-16-10-8-15(9-11-16)13(3)23/h8-11,14H,4-7,12H2,1-3H3,(H,20,22,24). The minimum atomic E-state index is -0.0900. The van der Waals surface area contributed by atoms with Crippen molar-refractivity contribution in [3.8, 4) is 5.75 Å². The van der Waals surface area contributed by atoms with Crippen molar-refractivity contribution in [1.29, 1.82) is 0 Å². The molecular formula is C19H25N3O3S. The largest absolute Gasteiger partial charge is 0.494 e. The molecule has 0 fully saturated rings. The molecule has 0 aliphatic rings. The van der Waals surface area contributed by atoms with E-state index < -0.39 is 0 Å². The van der Waals surface area contributed by atoms with E-state index in [0.29, 0.717) is 41.8 Å². The summed E-state index contributed by atoms with van der Waals surface area (Å²) in [6.07, 6.45) is 2.98. The molecule has 0 saturated heterocycles. The maximum Gasteiger partial charge on any atom is 0.226 e. The summed E-state index contributed by atoms with van der Waals surface area (Å²) in [7, 11) is 0. The average molecular weight is 375 g/mol. The number of ketones is 1. The molecule has 0 spiro atoms. The topological polar surface area (TPSA) is 81.2 Å². The molecule has 0 unspecified atom stereocenters. The zero-order valence-electron chi connectivity index (χ0n) is 15.4. The van der Waals surface area contributed by atoms with Gasteiger partial charge in [0.25, 0.3) is 0 Å². The second-order valence-corrected chi connectivity index (χ2v) is 7.05. The summed E-state index contributed by atoms with van der Waals surface area (Å²) in [5.41, 5.74) is 0.654. The first-order valence-electron chi connectivity index (χ1n) is 8.90. The number of nitrogens with zero attached hydrogens (tertiary/aromatic N) is 2. The Hall–Kier alpha value is -2.28. The Morgan fingerprint density at radius 1 is 1.15 bits per heavy atom. The Kier molecular flexibility index (Phi) is 7.72. The molecule has 7 heteroatoms. The molecule has 1 heterocycles. The summed E-state index contributed by atoms with van der Waals surface area (Å²) < 4.78 is 5.59. The van der Waals surface area contributed by atoms with Gasteiger partial charge in [-0.1, -0.05) is 25.2 Å². The summed E-state index contributed by atoms with van der Waals surface area (Å²) in [6.45, 7) is 6.21. The predicted molar refractivity (Wildman–Crippen MR) is 103 cm³/mol. The molecule has 1 aromatic carbocycles. The third-order valence-electron chi connectivity index (χ3n) is 4.10. The number of rotatable bonds is 10. The molecule has 0 aliphatic heterocycles. The van der Waals surface area contributed by atoms with Crippen molar-refractivity contribution < 1.29 is 14.3 Å². The fraction of sp³-hybridized carbons (Fsp3) is 0.474. The lowest BCUT2D eigenvalue weighted by atomic mass is 10.1. The highest BCUT2D eigenvalue weighted by Gasteiger charge is 2.14. The number of carbonyl (C=O) groups is 2. The van der Waals surface area contributed by atoms with Gasteiger partial charge >= 0.3 is 0 Å². The quantitative estimate of drug-likeness (QED) is 0.490. The molecule has 0 bridgehead atoms. The molecule has 2 aromatic rings. The van der Waals surface area contributed by atoms with E-state index in [1.807, 2.05) is 0 Å². The molecule has 0 saturated carbocycles. The van der Waals surface area contributed by atoms with Crippen molar-refractivity contribution >= 4 is 28.2 Å². The van der Waals surface area contributed by atoms with Crippen LogP contribution in [-0.4, -0.2) is 28.5 Å². The van der Waals surface area contributed by atoms with Crippen LogP contribution in [0.4, 0.5) is 5.13 Å². The van der Waals surface area contributed by atoms with Gasteiger partial charge in [0, 0.05) is 17.9 Å². The second-order valence-electron chi connectivity index (χ2n) is 6.04. The summed E-state index contributed by atoms with van der Waals surface area (Å²) in [4.78, 5) is 23.2. The molecular weight excluding hydrogens is 350 g/mol. The van der Waals surface area contributed by atoms with Crippen molar-refractivity contribution in [1.82, 2.24) is 10.2 Å². The minimum Gasteiger partial charge on any atom is -0.494 e. The van der Waals surface area contributed by atoms with Crippen LogP contribution in [0, 0.1) is 0 Å². The zero-order valence-corrected chi connectivity index (χ0v) is 16.3. The predicted octanol–water partition coefficient (Wildman–Crippen LogP) is 4.44. The van der Waals surface area contributed by atoms with Gasteiger partial charge in [-0.05, 0) is 50.5 Å². The van der Waals surface area contributed by atoms with Gasteiger partial charge in [-0.15, -0.1) is 10.2 Å². The van der Waals surface area contributed by atoms with E-state index in [1.54, 1.807) is 24.3 Å². The first kappa shape index (κ1) is 20.0. The van der Waals surface area contributed by atoms with Crippen LogP contribution in [0.3, 0.4) is 0 Å². The van der Waals surface area contributed by atoms with Crippen LogP contribution >= 0.6 is 11.3 Å². The number of ether oxygens (including phenoxy) is 1. The molecule has 140 valence electrons. The molecule has 2 rings (SSSR count). The Bertz CT molecular complexity index is 724. The Morgan fingerprint density at radius 2 is 1.85 bits per heavy atom. The monoisotopic (exact) mass is 375 g/mol. The number of amides is 1. The van der Waals surface area contributed by atoms with Gasteiger partial charge in [0.2, 0.25) is 11.0 Å². The molecule has 1 aromatic heterocycles. The lowest BCUT2D eigenvalue weighted by molar-refractivity contribution is -0.116. The van der Waals surface area contributed by atoms with Crippen molar-refractivity contribution in [2.45, 2.75) is 52.4 Å². The van der Waals surface area contributed by atoms with Crippen molar-refractivity contribution in [2.24, 2.45) is 0 Å². The van der Waals surface area contributed by atoms with E-state index in [2.05, 4.69) is 29.4 Å². The maximum absolute atomic E-state index is 12.0. The molecule has 0 radical (unpaired) electrons. The highest BCUT2D eigenvalue weighted by atomic mass is 32.1.